The van der Waals surface area contributed by atoms with E-state index in [9.17, 15) is 24.3 Å². The summed E-state index contributed by atoms with van der Waals surface area (Å²) < 4.78 is 5.33. The van der Waals surface area contributed by atoms with E-state index < -0.39 is 12.1 Å². The molecule has 0 aliphatic carbocycles. The van der Waals surface area contributed by atoms with Crippen molar-refractivity contribution in [2.45, 2.75) is 6.92 Å². The van der Waals surface area contributed by atoms with E-state index in [1.165, 1.54) is 23.1 Å². The van der Waals surface area contributed by atoms with Gasteiger partial charge >= 0.3 is 12.1 Å². The highest BCUT2D eigenvalue weighted by Gasteiger charge is 2.27. The van der Waals surface area contributed by atoms with Crippen molar-refractivity contribution < 1.29 is 29.0 Å². The molecule has 7 nitrogen and oxygen atoms in total. The lowest BCUT2D eigenvalue weighted by Gasteiger charge is -2.27. The average Bonchev–Trinajstić information content (AvgIpc) is 2.84. The third-order valence-corrected chi connectivity index (χ3v) is 5.38. The highest BCUT2D eigenvalue weighted by atomic mass is 16.6. The molecule has 0 saturated carbocycles. The SMILES string of the molecule is CCOC(=O)N(c1ccc(C(=O)O)c2ccccc12)c1c(C=O)cc(C=O)c2ccccc12. The Hall–Kier alpha value is -4.52. The number of nitrogens with zero attached hydrogens (tertiary/aromatic N) is 1. The van der Waals surface area contributed by atoms with Gasteiger partial charge in [-0.2, -0.15) is 0 Å². The number of anilines is 2. The van der Waals surface area contributed by atoms with Gasteiger partial charge in [-0.05, 0) is 35.9 Å². The van der Waals surface area contributed by atoms with Crippen LogP contribution in [-0.2, 0) is 4.74 Å². The maximum Gasteiger partial charge on any atom is 0.418 e. The Morgan fingerprint density at radius 2 is 1.45 bits per heavy atom. The van der Waals surface area contributed by atoms with Gasteiger partial charge in [0.2, 0.25) is 0 Å². The first-order chi connectivity index (χ1) is 16.0. The summed E-state index contributed by atoms with van der Waals surface area (Å²) in [7, 11) is 0. The zero-order valence-electron chi connectivity index (χ0n) is 17.6. The largest absolute Gasteiger partial charge is 0.478 e. The zero-order valence-corrected chi connectivity index (χ0v) is 17.6. The Bertz CT molecular complexity index is 1430. The molecule has 0 saturated heterocycles. The summed E-state index contributed by atoms with van der Waals surface area (Å²) in [6.07, 6.45) is 0.498. The second-order valence-corrected chi connectivity index (χ2v) is 7.20. The summed E-state index contributed by atoms with van der Waals surface area (Å²) in [5.41, 5.74) is 1.11. The number of amides is 1. The maximum absolute atomic E-state index is 13.3. The molecule has 164 valence electrons. The van der Waals surface area contributed by atoms with Crippen molar-refractivity contribution in [2.24, 2.45) is 0 Å². The predicted octanol–water partition coefficient (Wildman–Crippen LogP) is 5.61. The van der Waals surface area contributed by atoms with Gasteiger partial charge in [0.25, 0.3) is 0 Å². The molecular weight excluding hydrogens is 422 g/mol. The van der Waals surface area contributed by atoms with Crippen LogP contribution in [0.5, 0.6) is 0 Å². The van der Waals surface area contributed by atoms with Gasteiger partial charge < -0.3 is 9.84 Å². The number of carboxylic acid groups (broad SMARTS) is 1. The average molecular weight is 441 g/mol. The first kappa shape index (κ1) is 21.7. The minimum absolute atomic E-state index is 0.0786. The van der Waals surface area contributed by atoms with E-state index in [4.69, 9.17) is 4.74 Å². The Morgan fingerprint density at radius 3 is 2.06 bits per heavy atom. The van der Waals surface area contributed by atoms with Crippen LogP contribution in [0.25, 0.3) is 21.5 Å². The molecule has 0 aliphatic rings. The van der Waals surface area contributed by atoms with Crippen LogP contribution in [0.1, 0.15) is 38.0 Å². The van der Waals surface area contributed by atoms with Gasteiger partial charge in [0, 0.05) is 21.9 Å². The van der Waals surface area contributed by atoms with Crippen molar-refractivity contribution >= 4 is 57.6 Å². The fourth-order valence-electron chi connectivity index (χ4n) is 4.01. The van der Waals surface area contributed by atoms with Gasteiger partial charge in [0.05, 0.1) is 23.5 Å². The summed E-state index contributed by atoms with van der Waals surface area (Å²) in [4.78, 5) is 50.1. The molecule has 0 unspecified atom stereocenters. The van der Waals surface area contributed by atoms with Crippen molar-refractivity contribution in [3.63, 3.8) is 0 Å². The Morgan fingerprint density at radius 1 is 0.848 bits per heavy atom. The number of fused-ring (bicyclic) bond motifs is 2. The van der Waals surface area contributed by atoms with Crippen LogP contribution < -0.4 is 4.90 Å². The Kier molecular flexibility index (Phi) is 5.87. The van der Waals surface area contributed by atoms with E-state index in [1.54, 1.807) is 55.5 Å². The van der Waals surface area contributed by atoms with Gasteiger partial charge in [-0.25, -0.2) is 14.5 Å². The van der Waals surface area contributed by atoms with Crippen LogP contribution in [-0.4, -0.2) is 36.3 Å². The standard InChI is InChI=1S/C26H19NO6/c1-2-33-26(32)27(23-12-11-22(25(30)31)19-8-4-5-9-20(19)23)24-17(15-29)13-16(14-28)18-7-3-6-10-21(18)24/h3-15H,2H2,1H3,(H,30,31). The number of carboxylic acids is 1. The minimum Gasteiger partial charge on any atom is -0.478 e. The number of carbonyl (C=O) groups is 4. The van der Waals surface area contributed by atoms with Crippen LogP contribution >= 0.6 is 0 Å². The fourth-order valence-corrected chi connectivity index (χ4v) is 4.01. The third kappa shape index (κ3) is 3.70. The van der Waals surface area contributed by atoms with Crippen LogP contribution in [0.15, 0.2) is 66.7 Å². The van der Waals surface area contributed by atoms with E-state index >= 15 is 0 Å². The van der Waals surface area contributed by atoms with Crippen LogP contribution in [0.4, 0.5) is 16.2 Å². The van der Waals surface area contributed by atoms with Crippen LogP contribution in [0.3, 0.4) is 0 Å². The second-order valence-electron chi connectivity index (χ2n) is 7.20. The van der Waals surface area contributed by atoms with Gasteiger partial charge in [-0.1, -0.05) is 48.5 Å². The smallest absolute Gasteiger partial charge is 0.418 e. The topological polar surface area (TPSA) is 101 Å². The van der Waals surface area contributed by atoms with Crippen molar-refractivity contribution in [1.82, 2.24) is 0 Å². The quantitative estimate of drug-likeness (QED) is 0.390. The number of carbonyl (C=O) groups excluding carboxylic acids is 3. The highest BCUT2D eigenvalue weighted by Crippen LogP contribution is 2.40. The minimum atomic E-state index is -1.10. The molecule has 0 aliphatic heterocycles. The summed E-state index contributed by atoms with van der Waals surface area (Å²) in [5.74, 6) is -1.10. The molecule has 1 amide bonds. The molecule has 4 aromatic rings. The normalized spacial score (nSPS) is 10.7. The van der Waals surface area contributed by atoms with E-state index in [2.05, 4.69) is 0 Å². The second kappa shape index (κ2) is 8.92. The summed E-state index contributed by atoms with van der Waals surface area (Å²) >= 11 is 0. The lowest BCUT2D eigenvalue weighted by molar-refractivity contribution is 0.0698. The van der Waals surface area contributed by atoms with Crippen molar-refractivity contribution in [3.05, 3.63) is 83.4 Å². The summed E-state index contributed by atoms with van der Waals surface area (Å²) in [5, 5.41) is 11.6. The molecule has 0 fully saturated rings. The molecule has 0 heterocycles. The molecule has 0 aromatic heterocycles. The molecular formula is C26H19NO6. The fraction of sp³-hybridized carbons (Fsp3) is 0.0769. The number of benzene rings is 4. The van der Waals surface area contributed by atoms with Gasteiger partial charge in [0.15, 0.2) is 12.6 Å². The maximum atomic E-state index is 13.3. The van der Waals surface area contributed by atoms with Gasteiger partial charge in [-0.3, -0.25) is 9.59 Å². The lowest BCUT2D eigenvalue weighted by Crippen LogP contribution is -2.28. The van der Waals surface area contributed by atoms with E-state index in [1.807, 2.05) is 0 Å². The number of ether oxygens (including phenoxy) is 1. The van der Waals surface area contributed by atoms with Crippen molar-refractivity contribution in [3.8, 4) is 0 Å². The Labute approximate surface area is 188 Å². The van der Waals surface area contributed by atoms with E-state index in [0.29, 0.717) is 45.4 Å². The number of rotatable bonds is 6. The number of aldehydes is 2. The molecule has 1 N–H and O–H groups in total. The molecule has 4 rings (SSSR count). The zero-order chi connectivity index (χ0) is 23.5. The van der Waals surface area contributed by atoms with Crippen LogP contribution in [0, 0.1) is 0 Å². The van der Waals surface area contributed by atoms with Crippen LogP contribution in [0.2, 0.25) is 0 Å². The molecule has 33 heavy (non-hydrogen) atoms. The molecule has 7 heteroatoms. The predicted molar refractivity (Wildman–Crippen MR) is 125 cm³/mol. The van der Waals surface area contributed by atoms with E-state index in [-0.39, 0.29) is 23.4 Å². The number of aromatic carboxylic acids is 1. The van der Waals surface area contributed by atoms with Crippen molar-refractivity contribution in [2.75, 3.05) is 11.5 Å². The summed E-state index contributed by atoms with van der Waals surface area (Å²) in [6, 6.07) is 18.1. The monoisotopic (exact) mass is 441 g/mol. The number of hydrogen-bond acceptors (Lipinski definition) is 5. The molecule has 4 aromatic carbocycles. The highest BCUT2D eigenvalue weighted by molar-refractivity contribution is 6.18. The molecule has 0 atom stereocenters. The molecule has 0 spiro atoms. The number of hydrogen-bond donors (Lipinski definition) is 1. The lowest BCUT2D eigenvalue weighted by atomic mass is 9.97. The first-order valence-corrected chi connectivity index (χ1v) is 10.2. The molecule has 0 radical (unpaired) electrons. The third-order valence-electron chi connectivity index (χ3n) is 5.38. The first-order valence-electron chi connectivity index (χ1n) is 10.2. The van der Waals surface area contributed by atoms with Gasteiger partial charge in [0.1, 0.15) is 0 Å². The summed E-state index contributed by atoms with van der Waals surface area (Å²) in [6.45, 7) is 1.75. The Balaban J connectivity index is 2.13. The molecule has 0 bridgehead atoms. The van der Waals surface area contributed by atoms with Crippen molar-refractivity contribution in [1.29, 1.82) is 0 Å². The van der Waals surface area contributed by atoms with E-state index in [0.717, 1.165) is 0 Å². The van der Waals surface area contributed by atoms with Gasteiger partial charge in [-0.15, -0.1) is 0 Å².